The smallest absolute Gasteiger partial charge is 0.344 e. The van der Waals surface area contributed by atoms with E-state index in [9.17, 15) is 14.0 Å². The summed E-state index contributed by atoms with van der Waals surface area (Å²) < 4.78 is 19.1. The maximum atomic E-state index is 14.0. The first-order valence-corrected chi connectivity index (χ1v) is 8.02. The number of carbonyl (C=O) groups is 2. The van der Waals surface area contributed by atoms with Gasteiger partial charge in [-0.15, -0.1) is 0 Å². The number of nitrogens with zero attached hydrogens (tertiary/aromatic N) is 1. The molecule has 0 spiro atoms. The Kier molecular flexibility index (Phi) is 4.69. The highest BCUT2D eigenvalue weighted by Crippen LogP contribution is 2.25. The second-order valence-electron chi connectivity index (χ2n) is 5.93. The van der Waals surface area contributed by atoms with Crippen LogP contribution in [0.15, 0.2) is 18.2 Å². The molecule has 0 bridgehead atoms. The number of ether oxygens (including phenoxy) is 1. The summed E-state index contributed by atoms with van der Waals surface area (Å²) in [7, 11) is 0. The molecule has 0 saturated heterocycles. The number of fused-ring (bicyclic) bond motifs is 1. The molecule has 1 heterocycles. The topological polar surface area (TPSA) is 104 Å². The van der Waals surface area contributed by atoms with E-state index >= 15 is 0 Å². The van der Waals surface area contributed by atoms with Crippen LogP contribution in [0.25, 0.3) is 0 Å². The zero-order valence-electron chi connectivity index (χ0n) is 13.6. The third-order valence-corrected chi connectivity index (χ3v) is 4.11. The lowest BCUT2D eigenvalue weighted by molar-refractivity contribution is -0.144. The molecule has 0 aliphatic heterocycles. The van der Waals surface area contributed by atoms with Crippen molar-refractivity contribution >= 4 is 17.6 Å². The van der Waals surface area contributed by atoms with Gasteiger partial charge in [-0.2, -0.15) is 5.10 Å². The molecule has 0 unspecified atom stereocenters. The van der Waals surface area contributed by atoms with Crippen LogP contribution in [0.4, 0.5) is 10.1 Å². The molecule has 2 aromatic rings. The molecule has 3 N–H and O–H groups in total. The first kappa shape index (κ1) is 16.9. The molecule has 0 saturated carbocycles. The van der Waals surface area contributed by atoms with Crippen LogP contribution in [-0.4, -0.2) is 33.3 Å². The van der Waals surface area contributed by atoms with Gasteiger partial charge in [-0.3, -0.25) is 9.89 Å². The normalized spacial score (nSPS) is 14.5. The first-order valence-electron chi connectivity index (χ1n) is 8.02. The molecule has 1 aromatic carbocycles. The van der Waals surface area contributed by atoms with Crippen LogP contribution >= 0.6 is 0 Å². The number of nitrogens with one attached hydrogen (secondary N) is 2. The predicted octanol–water partition coefficient (Wildman–Crippen LogP) is 2.53. The Bertz CT molecular complexity index is 818. The Balaban J connectivity index is 1.73. The molecular formula is C17H18FN3O4. The number of rotatable bonds is 5. The number of carboxylic acids is 1. The van der Waals surface area contributed by atoms with Gasteiger partial charge in [0.1, 0.15) is 0 Å². The van der Waals surface area contributed by atoms with Gasteiger partial charge >= 0.3 is 5.97 Å². The van der Waals surface area contributed by atoms with Gasteiger partial charge in [0.05, 0.1) is 0 Å². The number of aliphatic carboxylic acids is 1. The van der Waals surface area contributed by atoms with E-state index in [-0.39, 0.29) is 11.4 Å². The predicted molar refractivity (Wildman–Crippen MR) is 87.3 cm³/mol. The zero-order chi connectivity index (χ0) is 18.0. The van der Waals surface area contributed by atoms with Gasteiger partial charge in [0, 0.05) is 23.0 Å². The Labute approximate surface area is 143 Å². The molecular weight excluding hydrogens is 329 g/mol. The molecule has 1 amide bonds. The molecule has 1 aliphatic rings. The fraction of sp³-hybridized carbons (Fsp3) is 0.353. The van der Waals surface area contributed by atoms with Crippen molar-refractivity contribution in [2.75, 3.05) is 5.32 Å². The average Bonchev–Trinajstić information content (AvgIpc) is 3.01. The van der Waals surface area contributed by atoms with Crippen LogP contribution in [0.3, 0.4) is 0 Å². The zero-order valence-corrected chi connectivity index (χ0v) is 13.6. The number of aryl methyl sites for hydroxylation is 1. The van der Waals surface area contributed by atoms with Crippen molar-refractivity contribution in [3.63, 3.8) is 0 Å². The van der Waals surface area contributed by atoms with Gasteiger partial charge in [-0.25, -0.2) is 9.18 Å². The summed E-state index contributed by atoms with van der Waals surface area (Å²) in [5.41, 5.74) is 2.47. The number of aromatic amines is 1. The number of carboxylic acid groups (broad SMARTS) is 1. The van der Waals surface area contributed by atoms with Crippen molar-refractivity contribution in [3.8, 4) is 5.75 Å². The summed E-state index contributed by atoms with van der Waals surface area (Å²) in [6, 6.07) is 3.81. The summed E-state index contributed by atoms with van der Waals surface area (Å²) in [4.78, 5) is 23.1. The fourth-order valence-electron chi connectivity index (χ4n) is 2.77. The SMILES string of the molecule is C[C@H](Oc1ccc(NC(=O)c2n[nH]c3c2CCCC3)cc1F)C(=O)O. The summed E-state index contributed by atoms with van der Waals surface area (Å²) in [6.07, 6.45) is 2.57. The van der Waals surface area contributed by atoms with Crippen molar-refractivity contribution in [1.29, 1.82) is 0 Å². The molecule has 1 aliphatic carbocycles. The van der Waals surface area contributed by atoms with Gasteiger partial charge in [0.15, 0.2) is 23.4 Å². The molecule has 0 fully saturated rings. The molecule has 1 atom stereocenters. The average molecular weight is 347 g/mol. The van der Waals surface area contributed by atoms with Gasteiger partial charge < -0.3 is 15.2 Å². The lowest BCUT2D eigenvalue weighted by atomic mass is 9.96. The van der Waals surface area contributed by atoms with E-state index in [1.807, 2.05) is 0 Å². The minimum Gasteiger partial charge on any atom is -0.479 e. The second kappa shape index (κ2) is 6.92. The number of halogens is 1. The molecule has 1 aromatic heterocycles. The number of carbonyl (C=O) groups excluding carboxylic acids is 1. The number of amides is 1. The van der Waals surface area contributed by atoms with E-state index < -0.39 is 23.8 Å². The summed E-state index contributed by atoms with van der Waals surface area (Å²) in [6.45, 7) is 1.30. The second-order valence-corrected chi connectivity index (χ2v) is 5.93. The van der Waals surface area contributed by atoms with E-state index in [2.05, 4.69) is 15.5 Å². The van der Waals surface area contributed by atoms with Crippen LogP contribution in [-0.2, 0) is 17.6 Å². The number of benzene rings is 1. The lowest BCUT2D eigenvalue weighted by Crippen LogP contribution is -2.23. The first-order chi connectivity index (χ1) is 12.0. The standard InChI is InChI=1S/C17H18FN3O4/c1-9(17(23)24)25-14-7-6-10(8-12(14)18)19-16(22)15-11-4-2-3-5-13(11)20-21-15/h6-9H,2-5H2,1H3,(H,19,22)(H,20,21)(H,23,24)/t9-/m0/s1. The fourth-order valence-corrected chi connectivity index (χ4v) is 2.77. The maximum absolute atomic E-state index is 14.0. The van der Waals surface area contributed by atoms with Crippen LogP contribution in [0, 0.1) is 5.82 Å². The molecule has 132 valence electrons. The Morgan fingerprint density at radius 3 is 2.84 bits per heavy atom. The number of H-pyrrole nitrogens is 1. The van der Waals surface area contributed by atoms with Crippen LogP contribution in [0.2, 0.25) is 0 Å². The molecule has 8 heteroatoms. The third-order valence-electron chi connectivity index (χ3n) is 4.11. The molecule has 7 nitrogen and oxygen atoms in total. The lowest BCUT2D eigenvalue weighted by Gasteiger charge is -2.13. The summed E-state index contributed by atoms with van der Waals surface area (Å²) in [5.74, 6) is -2.55. The number of anilines is 1. The summed E-state index contributed by atoms with van der Waals surface area (Å²) in [5, 5.41) is 18.4. The Morgan fingerprint density at radius 1 is 1.36 bits per heavy atom. The van der Waals surface area contributed by atoms with Gasteiger partial charge in [0.2, 0.25) is 0 Å². The highest BCUT2D eigenvalue weighted by Gasteiger charge is 2.22. The third kappa shape index (κ3) is 3.62. The number of hydrogen-bond acceptors (Lipinski definition) is 4. The van der Waals surface area contributed by atoms with Crippen molar-refractivity contribution in [3.05, 3.63) is 41.0 Å². The van der Waals surface area contributed by atoms with Crippen molar-refractivity contribution in [1.82, 2.24) is 10.2 Å². The molecule has 0 radical (unpaired) electrons. The summed E-state index contributed by atoms with van der Waals surface area (Å²) >= 11 is 0. The van der Waals surface area contributed by atoms with Gasteiger partial charge in [-0.05, 0) is 44.7 Å². The van der Waals surface area contributed by atoms with Crippen molar-refractivity contribution in [2.24, 2.45) is 0 Å². The van der Waals surface area contributed by atoms with E-state index in [4.69, 9.17) is 9.84 Å². The minimum absolute atomic E-state index is 0.190. The highest BCUT2D eigenvalue weighted by atomic mass is 19.1. The minimum atomic E-state index is -1.19. The quantitative estimate of drug-likeness (QED) is 0.771. The van der Waals surface area contributed by atoms with E-state index in [0.29, 0.717) is 5.69 Å². The van der Waals surface area contributed by atoms with Crippen LogP contribution in [0.1, 0.15) is 41.5 Å². The highest BCUT2D eigenvalue weighted by molar-refractivity contribution is 6.04. The van der Waals surface area contributed by atoms with Crippen molar-refractivity contribution < 1.29 is 23.8 Å². The number of aromatic nitrogens is 2. The van der Waals surface area contributed by atoms with Crippen molar-refractivity contribution in [2.45, 2.75) is 38.7 Å². The number of hydrogen-bond donors (Lipinski definition) is 3. The van der Waals surface area contributed by atoms with Crippen LogP contribution < -0.4 is 10.1 Å². The Hall–Kier alpha value is -2.90. The molecule has 3 rings (SSSR count). The maximum Gasteiger partial charge on any atom is 0.344 e. The van der Waals surface area contributed by atoms with Crippen LogP contribution in [0.5, 0.6) is 5.75 Å². The monoisotopic (exact) mass is 347 g/mol. The Morgan fingerprint density at radius 2 is 2.12 bits per heavy atom. The molecule has 25 heavy (non-hydrogen) atoms. The van der Waals surface area contributed by atoms with Gasteiger partial charge in [-0.1, -0.05) is 0 Å². The van der Waals surface area contributed by atoms with E-state index in [1.54, 1.807) is 0 Å². The van der Waals surface area contributed by atoms with E-state index in [0.717, 1.165) is 43.0 Å². The largest absolute Gasteiger partial charge is 0.479 e. The van der Waals surface area contributed by atoms with Gasteiger partial charge in [0.25, 0.3) is 5.91 Å². The van der Waals surface area contributed by atoms with E-state index in [1.165, 1.54) is 19.1 Å².